The van der Waals surface area contributed by atoms with Crippen LogP contribution in [0.1, 0.15) is 61.4 Å². The second-order valence-electron chi connectivity index (χ2n) is 8.75. The first-order valence-corrected chi connectivity index (χ1v) is 12.6. The summed E-state index contributed by atoms with van der Waals surface area (Å²) in [5.74, 6) is -0.385. The highest BCUT2D eigenvalue weighted by atomic mass is 16.5. The van der Waals surface area contributed by atoms with Crippen LogP contribution in [0.5, 0.6) is 5.75 Å². The molecule has 1 heterocycles. The number of piperazine rings is 1. The number of hydrogen-bond acceptors (Lipinski definition) is 5. The Morgan fingerprint density at radius 3 is 2.49 bits per heavy atom. The summed E-state index contributed by atoms with van der Waals surface area (Å²) >= 11 is 0. The van der Waals surface area contributed by atoms with Crippen molar-refractivity contribution >= 4 is 17.8 Å². The number of benzene rings is 2. The molecular weight excluding hydrogens is 444 g/mol. The van der Waals surface area contributed by atoms with Crippen molar-refractivity contribution in [1.82, 2.24) is 10.2 Å². The summed E-state index contributed by atoms with van der Waals surface area (Å²) < 4.78 is 11.1. The molecule has 1 unspecified atom stereocenters. The van der Waals surface area contributed by atoms with Crippen molar-refractivity contribution in [2.24, 2.45) is 0 Å². The van der Waals surface area contributed by atoms with E-state index >= 15 is 0 Å². The molecule has 3 rings (SSSR count). The Morgan fingerprint density at radius 2 is 1.74 bits per heavy atom. The molecule has 2 aromatic rings. The first kappa shape index (κ1) is 26.3. The van der Waals surface area contributed by atoms with E-state index < -0.39 is 12.0 Å². The average Bonchev–Trinajstić information content (AvgIpc) is 2.88. The number of aryl methyl sites for hydroxylation is 1. The largest absolute Gasteiger partial charge is 0.494 e. The van der Waals surface area contributed by atoms with Gasteiger partial charge in [-0.1, -0.05) is 56.5 Å². The fourth-order valence-electron chi connectivity index (χ4n) is 4.06. The monoisotopic (exact) mass is 480 g/mol. The van der Waals surface area contributed by atoms with E-state index in [1.54, 1.807) is 24.3 Å². The van der Waals surface area contributed by atoms with Crippen LogP contribution in [0.3, 0.4) is 0 Å². The number of hydrogen-bond donors (Lipinski definition) is 1. The Hall–Kier alpha value is -3.35. The maximum atomic E-state index is 13.2. The van der Waals surface area contributed by atoms with E-state index in [-0.39, 0.29) is 24.8 Å². The average molecular weight is 481 g/mol. The SMILES string of the molecule is CCCCCCOc1ccc(C(=O)N2CCNC(=O)C2CC(=O)OCCCc2ccccc2)cc1. The third-order valence-corrected chi connectivity index (χ3v) is 6.04. The van der Waals surface area contributed by atoms with Crippen LogP contribution >= 0.6 is 0 Å². The highest BCUT2D eigenvalue weighted by Crippen LogP contribution is 2.18. The zero-order valence-electron chi connectivity index (χ0n) is 20.5. The van der Waals surface area contributed by atoms with E-state index in [4.69, 9.17) is 9.47 Å². The normalized spacial score (nSPS) is 15.4. The lowest BCUT2D eigenvalue weighted by Gasteiger charge is -2.34. The number of unbranched alkanes of at least 4 members (excludes halogenated alkanes) is 3. The van der Waals surface area contributed by atoms with E-state index in [9.17, 15) is 14.4 Å². The number of carbonyl (C=O) groups excluding carboxylic acids is 3. The number of ether oxygens (including phenoxy) is 2. The van der Waals surface area contributed by atoms with Crippen LogP contribution < -0.4 is 10.1 Å². The lowest BCUT2D eigenvalue weighted by Crippen LogP contribution is -2.57. The van der Waals surface area contributed by atoms with Crippen molar-refractivity contribution < 1.29 is 23.9 Å². The molecule has 1 aliphatic rings. The van der Waals surface area contributed by atoms with Crippen molar-refractivity contribution in [3.05, 3.63) is 65.7 Å². The maximum absolute atomic E-state index is 13.2. The molecule has 1 saturated heterocycles. The van der Waals surface area contributed by atoms with E-state index in [2.05, 4.69) is 12.2 Å². The Morgan fingerprint density at radius 1 is 0.971 bits per heavy atom. The van der Waals surface area contributed by atoms with Crippen LogP contribution in [-0.4, -0.2) is 55.0 Å². The molecule has 0 spiro atoms. The van der Waals surface area contributed by atoms with Crippen molar-refractivity contribution in [2.75, 3.05) is 26.3 Å². The van der Waals surface area contributed by atoms with Gasteiger partial charge in [-0.15, -0.1) is 0 Å². The minimum absolute atomic E-state index is 0.165. The first-order chi connectivity index (χ1) is 17.1. The van der Waals surface area contributed by atoms with Gasteiger partial charge in [0.15, 0.2) is 0 Å². The van der Waals surface area contributed by atoms with Crippen LogP contribution in [0.4, 0.5) is 0 Å². The Bertz CT molecular complexity index is 946. The molecular formula is C28H36N2O5. The number of nitrogens with zero attached hydrogens (tertiary/aromatic N) is 1. The fraction of sp³-hybridized carbons (Fsp3) is 0.464. The van der Waals surface area contributed by atoms with Crippen LogP contribution in [0, 0.1) is 0 Å². The Balaban J connectivity index is 1.49. The number of carbonyl (C=O) groups is 3. The fourth-order valence-corrected chi connectivity index (χ4v) is 4.06. The lowest BCUT2D eigenvalue weighted by atomic mass is 10.1. The van der Waals surface area contributed by atoms with E-state index in [0.29, 0.717) is 37.4 Å². The molecule has 7 nitrogen and oxygen atoms in total. The predicted molar refractivity (Wildman–Crippen MR) is 134 cm³/mol. The number of esters is 1. The van der Waals surface area contributed by atoms with Gasteiger partial charge < -0.3 is 19.7 Å². The molecule has 1 N–H and O–H groups in total. The topological polar surface area (TPSA) is 84.9 Å². The van der Waals surface area contributed by atoms with E-state index in [0.717, 1.165) is 19.3 Å². The molecule has 1 aliphatic heterocycles. The van der Waals surface area contributed by atoms with Gasteiger partial charge in [0.1, 0.15) is 11.8 Å². The third kappa shape index (κ3) is 8.42. The second kappa shape index (κ2) is 14.1. The highest BCUT2D eigenvalue weighted by Gasteiger charge is 2.35. The predicted octanol–water partition coefficient (Wildman–Crippen LogP) is 4.15. The van der Waals surface area contributed by atoms with Gasteiger partial charge in [-0.3, -0.25) is 14.4 Å². The van der Waals surface area contributed by atoms with Gasteiger partial charge in [0.2, 0.25) is 5.91 Å². The lowest BCUT2D eigenvalue weighted by molar-refractivity contribution is -0.147. The summed E-state index contributed by atoms with van der Waals surface area (Å²) in [7, 11) is 0. The summed E-state index contributed by atoms with van der Waals surface area (Å²) in [5.41, 5.74) is 1.64. The molecule has 1 atom stereocenters. The minimum atomic E-state index is -0.882. The van der Waals surface area contributed by atoms with Crippen molar-refractivity contribution in [3.8, 4) is 5.75 Å². The van der Waals surface area contributed by atoms with E-state index in [1.807, 2.05) is 30.3 Å². The van der Waals surface area contributed by atoms with Crippen LogP contribution in [0.25, 0.3) is 0 Å². The molecule has 0 aromatic heterocycles. The molecule has 2 aromatic carbocycles. The van der Waals surface area contributed by atoms with Crippen molar-refractivity contribution in [3.63, 3.8) is 0 Å². The van der Waals surface area contributed by atoms with Crippen molar-refractivity contribution in [1.29, 1.82) is 0 Å². The zero-order valence-corrected chi connectivity index (χ0v) is 20.5. The molecule has 7 heteroatoms. The Labute approximate surface area is 207 Å². The first-order valence-electron chi connectivity index (χ1n) is 12.6. The second-order valence-corrected chi connectivity index (χ2v) is 8.75. The van der Waals surface area contributed by atoms with Crippen LogP contribution in [-0.2, 0) is 20.7 Å². The highest BCUT2D eigenvalue weighted by molar-refractivity contribution is 5.99. The summed E-state index contributed by atoms with van der Waals surface area (Å²) in [6, 6.07) is 16.0. The quantitative estimate of drug-likeness (QED) is 0.344. The minimum Gasteiger partial charge on any atom is -0.494 e. The number of rotatable bonds is 13. The Kier molecular flexibility index (Phi) is 10.6. The van der Waals surface area contributed by atoms with E-state index in [1.165, 1.54) is 23.3 Å². The smallest absolute Gasteiger partial charge is 0.308 e. The molecule has 1 fully saturated rings. The summed E-state index contributed by atoms with van der Waals surface area (Å²) in [5, 5.41) is 2.75. The molecule has 0 aliphatic carbocycles. The van der Waals surface area contributed by atoms with Gasteiger partial charge in [-0.25, -0.2) is 0 Å². The summed E-state index contributed by atoms with van der Waals surface area (Å²) in [6.07, 6.45) is 5.86. The molecule has 0 bridgehead atoms. The molecule has 0 radical (unpaired) electrons. The van der Waals surface area contributed by atoms with Gasteiger partial charge in [-0.2, -0.15) is 0 Å². The molecule has 35 heavy (non-hydrogen) atoms. The van der Waals surface area contributed by atoms with Gasteiger partial charge in [0.25, 0.3) is 5.91 Å². The number of nitrogens with one attached hydrogen (secondary N) is 1. The third-order valence-electron chi connectivity index (χ3n) is 6.04. The zero-order chi connectivity index (χ0) is 24.9. The van der Waals surface area contributed by atoms with Crippen LogP contribution in [0.15, 0.2) is 54.6 Å². The summed E-state index contributed by atoms with van der Waals surface area (Å²) in [6.45, 7) is 3.78. The van der Waals surface area contributed by atoms with Crippen molar-refractivity contribution in [2.45, 2.75) is 57.9 Å². The van der Waals surface area contributed by atoms with Gasteiger partial charge in [0.05, 0.1) is 19.6 Å². The maximum Gasteiger partial charge on any atom is 0.308 e. The molecule has 0 saturated carbocycles. The summed E-state index contributed by atoms with van der Waals surface area (Å²) in [4.78, 5) is 39.5. The van der Waals surface area contributed by atoms with Gasteiger partial charge in [-0.05, 0) is 49.1 Å². The van der Waals surface area contributed by atoms with Crippen LogP contribution in [0.2, 0.25) is 0 Å². The standard InChI is InChI=1S/C28H36N2O5/c1-2-3-4-8-19-34-24-15-13-23(14-16-24)28(33)30-18-17-29-27(32)25(30)21-26(31)35-20-9-12-22-10-6-5-7-11-22/h5-7,10-11,13-16,25H,2-4,8-9,12,17-21H2,1H3,(H,29,32). The molecule has 188 valence electrons. The van der Waals surface area contributed by atoms with Gasteiger partial charge >= 0.3 is 5.97 Å². The number of amides is 2. The molecule has 2 amide bonds. The van der Waals surface area contributed by atoms with Gasteiger partial charge in [0, 0.05) is 18.7 Å².